The molecule has 1 heterocycles. The van der Waals surface area contributed by atoms with E-state index < -0.39 is 17.8 Å². The third-order valence-corrected chi connectivity index (χ3v) is 4.34. The first kappa shape index (κ1) is 19.6. The zero-order valence-electron chi connectivity index (χ0n) is 15.7. The first-order valence-corrected chi connectivity index (χ1v) is 9.11. The Bertz CT molecular complexity index is 818. The van der Waals surface area contributed by atoms with E-state index in [1.165, 1.54) is 12.1 Å². The van der Waals surface area contributed by atoms with Crippen LogP contribution in [0.3, 0.4) is 0 Å². The predicted octanol–water partition coefficient (Wildman–Crippen LogP) is 2.53. The second-order valence-electron chi connectivity index (χ2n) is 6.48. The van der Waals surface area contributed by atoms with Gasteiger partial charge in [-0.3, -0.25) is 9.59 Å². The largest absolute Gasteiger partial charge is 0.494 e. The summed E-state index contributed by atoms with van der Waals surface area (Å²) in [5.41, 5.74) is 0.492. The molecule has 2 amide bonds. The molecule has 0 N–H and O–H groups in total. The Hall–Kier alpha value is -3.19. The summed E-state index contributed by atoms with van der Waals surface area (Å²) >= 11 is 0. The van der Waals surface area contributed by atoms with Gasteiger partial charge in [0, 0.05) is 13.1 Å². The number of rotatable bonds is 9. The van der Waals surface area contributed by atoms with Crippen LogP contribution in [0, 0.1) is 0 Å². The maximum Gasteiger partial charge on any atom is 0.334 e. The summed E-state index contributed by atoms with van der Waals surface area (Å²) in [6.07, 6.45) is 0.877. The zero-order valence-corrected chi connectivity index (χ0v) is 15.7. The van der Waals surface area contributed by atoms with E-state index >= 15 is 0 Å². The molecule has 0 aromatic heterocycles. The standard InChI is InChI=1S/C21H22N2O5/c1-22(13-7-15-27-16-8-3-2-4-9-16)14-12-19(24)28-23-20(25)17-10-5-6-11-18(17)21(23)26/h2-6,8-11H,7,12-15H2,1H3. The zero-order chi connectivity index (χ0) is 19.9. The third-order valence-electron chi connectivity index (χ3n) is 4.34. The number of fused-ring (bicyclic) bond motifs is 1. The molecule has 0 atom stereocenters. The van der Waals surface area contributed by atoms with Gasteiger partial charge in [0.1, 0.15) is 5.75 Å². The first-order valence-electron chi connectivity index (χ1n) is 9.11. The maximum atomic E-state index is 12.2. The highest BCUT2D eigenvalue weighted by molar-refractivity contribution is 6.20. The van der Waals surface area contributed by atoms with Crippen LogP contribution in [0.25, 0.3) is 0 Å². The minimum atomic E-state index is -0.623. The Kier molecular flexibility index (Phi) is 6.39. The van der Waals surface area contributed by atoms with Crippen LogP contribution in [0.1, 0.15) is 33.6 Å². The van der Waals surface area contributed by atoms with Crippen LogP contribution in [-0.2, 0) is 9.63 Å². The molecule has 146 valence electrons. The summed E-state index contributed by atoms with van der Waals surface area (Å²) in [5.74, 6) is -1.02. The summed E-state index contributed by atoms with van der Waals surface area (Å²) in [4.78, 5) is 43.4. The fourth-order valence-electron chi connectivity index (χ4n) is 2.83. The van der Waals surface area contributed by atoms with E-state index in [2.05, 4.69) is 0 Å². The first-order chi connectivity index (χ1) is 13.6. The molecule has 0 aliphatic carbocycles. The van der Waals surface area contributed by atoms with Gasteiger partial charge in [-0.2, -0.15) is 0 Å². The summed E-state index contributed by atoms with van der Waals surface area (Å²) < 4.78 is 5.63. The van der Waals surface area contributed by atoms with Gasteiger partial charge >= 0.3 is 5.97 Å². The Morgan fingerprint density at radius 1 is 0.929 bits per heavy atom. The number of amides is 2. The molecule has 2 aromatic carbocycles. The molecular formula is C21H22N2O5. The van der Waals surface area contributed by atoms with Gasteiger partial charge in [0.15, 0.2) is 0 Å². The molecule has 0 unspecified atom stereocenters. The minimum Gasteiger partial charge on any atom is -0.494 e. The van der Waals surface area contributed by atoms with Gasteiger partial charge in [-0.1, -0.05) is 35.4 Å². The van der Waals surface area contributed by atoms with E-state index in [0.29, 0.717) is 18.2 Å². The number of nitrogens with zero attached hydrogens (tertiary/aromatic N) is 2. The van der Waals surface area contributed by atoms with Crippen molar-refractivity contribution in [2.45, 2.75) is 12.8 Å². The molecule has 3 rings (SSSR count). The molecule has 7 nitrogen and oxygen atoms in total. The highest BCUT2D eigenvalue weighted by Gasteiger charge is 2.38. The summed E-state index contributed by atoms with van der Waals surface area (Å²) in [6, 6.07) is 16.0. The van der Waals surface area contributed by atoms with Gasteiger partial charge in [0.2, 0.25) is 0 Å². The van der Waals surface area contributed by atoms with Gasteiger partial charge in [-0.05, 0) is 37.7 Å². The van der Waals surface area contributed by atoms with E-state index in [0.717, 1.165) is 18.7 Å². The summed E-state index contributed by atoms with van der Waals surface area (Å²) in [7, 11) is 1.89. The van der Waals surface area contributed by atoms with Gasteiger partial charge in [-0.25, -0.2) is 4.79 Å². The highest BCUT2D eigenvalue weighted by Crippen LogP contribution is 2.22. The van der Waals surface area contributed by atoms with Crippen LogP contribution in [0.15, 0.2) is 54.6 Å². The highest BCUT2D eigenvalue weighted by atomic mass is 16.7. The van der Waals surface area contributed by atoms with Crippen molar-refractivity contribution in [3.63, 3.8) is 0 Å². The minimum absolute atomic E-state index is 0.0729. The molecule has 0 saturated heterocycles. The summed E-state index contributed by atoms with van der Waals surface area (Å²) in [5, 5.41) is 0.542. The molecule has 2 aromatic rings. The number of carbonyl (C=O) groups is 3. The number of hydroxylamine groups is 2. The number of hydrogen-bond donors (Lipinski definition) is 0. The smallest absolute Gasteiger partial charge is 0.334 e. The van der Waals surface area contributed by atoms with Crippen LogP contribution < -0.4 is 4.74 Å². The SMILES string of the molecule is CN(CCCOc1ccccc1)CCC(=O)ON1C(=O)c2ccccc2C1=O. The van der Waals surface area contributed by atoms with Crippen molar-refractivity contribution in [2.24, 2.45) is 0 Å². The molecule has 7 heteroatoms. The Balaban J connectivity index is 1.36. The van der Waals surface area contributed by atoms with Crippen molar-refractivity contribution in [3.05, 3.63) is 65.7 Å². The monoisotopic (exact) mass is 382 g/mol. The molecule has 0 saturated carbocycles. The van der Waals surface area contributed by atoms with Crippen molar-refractivity contribution in [1.82, 2.24) is 9.96 Å². The number of hydrogen-bond acceptors (Lipinski definition) is 6. The number of imide groups is 1. The van der Waals surface area contributed by atoms with Crippen molar-refractivity contribution in [2.75, 3.05) is 26.7 Å². The van der Waals surface area contributed by atoms with Crippen molar-refractivity contribution in [1.29, 1.82) is 0 Å². The van der Waals surface area contributed by atoms with Gasteiger partial charge in [0.25, 0.3) is 11.8 Å². The molecule has 0 radical (unpaired) electrons. The van der Waals surface area contributed by atoms with Crippen LogP contribution >= 0.6 is 0 Å². The average Bonchev–Trinajstić information content (AvgIpc) is 2.95. The number of para-hydroxylation sites is 1. The lowest BCUT2D eigenvalue weighted by molar-refractivity contribution is -0.168. The third kappa shape index (κ3) is 4.75. The lowest BCUT2D eigenvalue weighted by Crippen LogP contribution is -2.34. The van der Waals surface area contributed by atoms with Gasteiger partial charge in [0.05, 0.1) is 24.2 Å². The predicted molar refractivity (Wildman–Crippen MR) is 102 cm³/mol. The molecule has 0 bridgehead atoms. The Morgan fingerprint density at radius 2 is 1.54 bits per heavy atom. The number of benzene rings is 2. The summed E-state index contributed by atoms with van der Waals surface area (Å²) in [6.45, 7) is 1.77. The molecule has 1 aliphatic rings. The topological polar surface area (TPSA) is 76.2 Å². The molecule has 0 fully saturated rings. The Morgan fingerprint density at radius 3 is 2.18 bits per heavy atom. The van der Waals surface area contributed by atoms with Crippen LogP contribution in [0.2, 0.25) is 0 Å². The van der Waals surface area contributed by atoms with Crippen LogP contribution in [0.4, 0.5) is 0 Å². The van der Waals surface area contributed by atoms with E-state index in [9.17, 15) is 14.4 Å². The van der Waals surface area contributed by atoms with E-state index in [1.54, 1.807) is 12.1 Å². The van der Waals surface area contributed by atoms with Crippen molar-refractivity contribution >= 4 is 17.8 Å². The number of carbonyl (C=O) groups excluding carboxylic acids is 3. The maximum absolute atomic E-state index is 12.2. The molecule has 1 aliphatic heterocycles. The van der Waals surface area contributed by atoms with E-state index in [-0.39, 0.29) is 17.5 Å². The van der Waals surface area contributed by atoms with E-state index in [4.69, 9.17) is 9.57 Å². The quantitative estimate of drug-likeness (QED) is 0.490. The second-order valence-corrected chi connectivity index (χ2v) is 6.48. The normalized spacial score (nSPS) is 13.0. The average molecular weight is 382 g/mol. The van der Waals surface area contributed by atoms with Crippen molar-refractivity contribution < 1.29 is 24.0 Å². The number of ether oxygens (including phenoxy) is 1. The lowest BCUT2D eigenvalue weighted by atomic mass is 10.1. The van der Waals surface area contributed by atoms with Crippen LogP contribution in [0.5, 0.6) is 5.75 Å². The fraction of sp³-hybridized carbons (Fsp3) is 0.286. The molecule has 0 spiro atoms. The second kappa shape index (κ2) is 9.14. The van der Waals surface area contributed by atoms with Gasteiger partial charge < -0.3 is 14.5 Å². The molecule has 28 heavy (non-hydrogen) atoms. The fourth-order valence-corrected chi connectivity index (χ4v) is 2.83. The van der Waals surface area contributed by atoms with Crippen molar-refractivity contribution in [3.8, 4) is 5.75 Å². The van der Waals surface area contributed by atoms with E-state index in [1.807, 2.05) is 42.3 Å². The van der Waals surface area contributed by atoms with Gasteiger partial charge in [-0.15, -0.1) is 0 Å². The van der Waals surface area contributed by atoms with Crippen LogP contribution in [-0.4, -0.2) is 54.5 Å². The lowest BCUT2D eigenvalue weighted by Gasteiger charge is -2.17. The Labute approximate surface area is 163 Å². The molecular weight excluding hydrogens is 360 g/mol.